The molecule has 2 saturated heterocycles. The Morgan fingerprint density at radius 3 is 2.61 bits per heavy atom. The van der Waals surface area contributed by atoms with Gasteiger partial charge in [0.25, 0.3) is 0 Å². The molecule has 1 amide bonds. The number of carbonyl (C=O) groups excluding carboxylic acids is 1. The third kappa shape index (κ3) is 7.61. The summed E-state index contributed by atoms with van der Waals surface area (Å²) in [5.41, 5.74) is 1.72. The Labute approximate surface area is 287 Å². The Morgan fingerprint density at radius 1 is 1.10 bits per heavy atom. The number of aromatic nitrogens is 1. The van der Waals surface area contributed by atoms with Gasteiger partial charge >= 0.3 is 6.09 Å². The van der Waals surface area contributed by atoms with Crippen molar-refractivity contribution in [2.24, 2.45) is 17.8 Å². The summed E-state index contributed by atoms with van der Waals surface area (Å²) in [6.07, 6.45) is 0.856. The number of hydrogen-bond acceptors (Lipinski definition) is 10. The first-order valence-corrected chi connectivity index (χ1v) is 18.9. The summed E-state index contributed by atoms with van der Waals surface area (Å²) in [5, 5.41) is 18.4. The van der Waals surface area contributed by atoms with E-state index < -0.39 is 46.4 Å². The van der Waals surface area contributed by atoms with Gasteiger partial charge in [-0.3, -0.25) is 0 Å². The lowest BCUT2D eigenvalue weighted by molar-refractivity contribution is -0.129. The normalized spacial score (nSPS) is 23.3. The predicted molar refractivity (Wildman–Crippen MR) is 178 cm³/mol. The molecule has 8 rings (SSSR count). The Bertz CT molecular complexity index is 1850. The molecule has 3 fully saturated rings. The van der Waals surface area contributed by atoms with Crippen LogP contribution >= 0.6 is 11.3 Å². The number of rotatable bonds is 13. The van der Waals surface area contributed by atoms with Gasteiger partial charge in [0.1, 0.15) is 17.4 Å². The number of benzene rings is 2. The van der Waals surface area contributed by atoms with E-state index >= 15 is 0 Å². The minimum absolute atomic E-state index is 0.00164. The van der Waals surface area contributed by atoms with Gasteiger partial charge in [-0.25, -0.2) is 27.0 Å². The van der Waals surface area contributed by atoms with E-state index in [1.807, 2.05) is 13.8 Å². The predicted octanol–water partition coefficient (Wildman–Crippen LogP) is 5.16. The van der Waals surface area contributed by atoms with Crippen LogP contribution in [0.2, 0.25) is 0 Å². The molecule has 4 bridgehead atoms. The van der Waals surface area contributed by atoms with Gasteiger partial charge in [-0.1, -0.05) is 25.2 Å². The number of fused-ring (bicyclic) bond motifs is 3. The fourth-order valence-electron chi connectivity index (χ4n) is 6.82. The number of hydrogen-bond donors (Lipinski definition) is 3. The average Bonchev–Trinajstić information content (AvgIpc) is 3.69. The average molecular weight is 719 g/mol. The van der Waals surface area contributed by atoms with E-state index in [0.29, 0.717) is 28.6 Å². The van der Waals surface area contributed by atoms with Crippen LogP contribution in [-0.4, -0.2) is 79.7 Å². The summed E-state index contributed by atoms with van der Waals surface area (Å²) < 4.78 is 75.9. The summed E-state index contributed by atoms with van der Waals surface area (Å²) >= 11 is 1.38. The summed E-state index contributed by atoms with van der Waals surface area (Å²) in [4.78, 5) is 18.1. The first kappa shape index (κ1) is 34.2. The van der Waals surface area contributed by atoms with Crippen LogP contribution in [0, 0.1) is 29.4 Å². The number of amides is 1. The Morgan fingerprint density at radius 2 is 1.88 bits per heavy atom. The molecule has 49 heavy (non-hydrogen) atoms. The Hall–Kier alpha value is -3.21. The van der Waals surface area contributed by atoms with Crippen molar-refractivity contribution < 1.29 is 41.3 Å². The lowest BCUT2D eigenvalue weighted by Gasteiger charge is -2.31. The SMILES string of the molecule is CC(C)CN(C[C@@H](O)[C@H](Cc1cc(F)cc(F)c1)NC(=O)OC1=C2COC3OCC1CCC23)S(=O)(=O)c1ccc2nc(NC3CC3)sc2c1. The molecule has 2 aliphatic carbocycles. The molecular formula is C34H40F2N4O7S2. The molecule has 5 aliphatic rings. The lowest BCUT2D eigenvalue weighted by atomic mass is 9.83. The number of carbonyl (C=O) groups is 1. The summed E-state index contributed by atoms with van der Waals surface area (Å²) in [6, 6.07) is 6.91. The van der Waals surface area contributed by atoms with Crippen molar-refractivity contribution >= 4 is 42.8 Å². The molecule has 1 saturated carbocycles. The topological polar surface area (TPSA) is 139 Å². The number of anilines is 1. The smallest absolute Gasteiger partial charge is 0.412 e. The van der Waals surface area contributed by atoms with Gasteiger partial charge < -0.3 is 30.0 Å². The van der Waals surface area contributed by atoms with Crippen molar-refractivity contribution in [3.05, 3.63) is 64.9 Å². The number of halogens is 2. The van der Waals surface area contributed by atoms with E-state index in [-0.39, 0.29) is 54.1 Å². The molecule has 3 unspecified atom stereocenters. The molecule has 3 N–H and O–H groups in total. The zero-order chi connectivity index (χ0) is 34.4. The molecule has 4 heterocycles. The fraction of sp³-hybridized carbons (Fsp3) is 0.529. The minimum Gasteiger partial charge on any atom is -0.414 e. The lowest BCUT2D eigenvalue weighted by Crippen LogP contribution is -2.51. The monoisotopic (exact) mass is 718 g/mol. The highest BCUT2D eigenvalue weighted by Crippen LogP contribution is 2.45. The zero-order valence-corrected chi connectivity index (χ0v) is 28.9. The van der Waals surface area contributed by atoms with Crippen molar-refractivity contribution in [2.75, 3.05) is 31.6 Å². The van der Waals surface area contributed by atoms with E-state index in [1.54, 1.807) is 12.1 Å². The number of nitrogens with zero attached hydrogens (tertiary/aromatic N) is 2. The minimum atomic E-state index is -4.14. The van der Waals surface area contributed by atoms with Gasteiger partial charge in [0, 0.05) is 42.6 Å². The first-order valence-electron chi connectivity index (χ1n) is 16.7. The van der Waals surface area contributed by atoms with E-state index in [0.717, 1.165) is 54.6 Å². The van der Waals surface area contributed by atoms with Crippen molar-refractivity contribution in [2.45, 2.75) is 75.3 Å². The molecular weight excluding hydrogens is 679 g/mol. The van der Waals surface area contributed by atoms with Crippen molar-refractivity contribution in [3.8, 4) is 0 Å². The molecule has 0 spiro atoms. The largest absolute Gasteiger partial charge is 0.414 e. The van der Waals surface area contributed by atoms with Gasteiger partial charge in [-0.2, -0.15) is 4.31 Å². The van der Waals surface area contributed by atoms with Crippen LogP contribution in [0.3, 0.4) is 0 Å². The number of aliphatic hydroxyl groups excluding tert-OH is 1. The number of nitrogens with one attached hydrogen (secondary N) is 2. The number of aliphatic hydroxyl groups is 1. The summed E-state index contributed by atoms with van der Waals surface area (Å²) in [5.74, 6) is -1.40. The standard InChI is InChI=1S/C34H40F2N4O7S2/c1-18(2)14-40(49(43,44)24-6-8-27-30(13-24)48-33(38-27)37-23-4-5-23)15-29(41)28(11-19-9-21(35)12-22(36)10-19)39-34(42)47-31-20-3-7-25-26(31)17-46-32(25)45-16-20/h6,8-10,12-13,18,20,23,25,28-29,32,41H,3-5,7,11,14-17H2,1-2H3,(H,37,38)(H,39,42)/t20?,25?,28-,29+,32?/m0/s1. The molecule has 264 valence electrons. The van der Waals surface area contributed by atoms with Crippen LogP contribution in [0.4, 0.5) is 18.7 Å². The molecule has 3 aromatic rings. The number of ether oxygens (including phenoxy) is 3. The van der Waals surface area contributed by atoms with Crippen LogP contribution in [0.15, 0.2) is 52.6 Å². The first-order chi connectivity index (χ1) is 23.4. The van der Waals surface area contributed by atoms with Crippen molar-refractivity contribution in [1.82, 2.24) is 14.6 Å². The second-order valence-electron chi connectivity index (χ2n) is 13.8. The van der Waals surface area contributed by atoms with Crippen LogP contribution in [0.5, 0.6) is 0 Å². The second-order valence-corrected chi connectivity index (χ2v) is 16.7. The zero-order valence-electron chi connectivity index (χ0n) is 27.2. The third-order valence-electron chi connectivity index (χ3n) is 9.36. The molecule has 11 nitrogen and oxygen atoms in total. The highest BCUT2D eigenvalue weighted by Gasteiger charge is 2.46. The maximum absolute atomic E-state index is 14.2. The molecule has 2 aromatic carbocycles. The Kier molecular flexibility index (Phi) is 9.67. The maximum Gasteiger partial charge on any atom is 0.412 e. The van der Waals surface area contributed by atoms with Crippen LogP contribution in [-0.2, 0) is 30.7 Å². The van der Waals surface area contributed by atoms with E-state index in [2.05, 4.69) is 15.6 Å². The van der Waals surface area contributed by atoms with E-state index in [4.69, 9.17) is 14.2 Å². The van der Waals surface area contributed by atoms with Gasteiger partial charge in [0.05, 0.1) is 40.5 Å². The van der Waals surface area contributed by atoms with Crippen LogP contribution < -0.4 is 10.6 Å². The van der Waals surface area contributed by atoms with E-state index in [9.17, 15) is 27.1 Å². The second kappa shape index (κ2) is 13.8. The van der Waals surface area contributed by atoms with Gasteiger partial charge in [0.2, 0.25) is 10.0 Å². The van der Waals surface area contributed by atoms with E-state index in [1.165, 1.54) is 21.7 Å². The van der Waals surface area contributed by atoms with Crippen LogP contribution in [0.25, 0.3) is 10.2 Å². The van der Waals surface area contributed by atoms with Crippen LogP contribution in [0.1, 0.15) is 45.1 Å². The number of thiazole rings is 1. The number of alkyl carbamates (subject to hydrolysis) is 1. The van der Waals surface area contributed by atoms with Crippen molar-refractivity contribution in [1.29, 1.82) is 0 Å². The highest BCUT2D eigenvalue weighted by molar-refractivity contribution is 7.89. The maximum atomic E-state index is 14.2. The highest BCUT2D eigenvalue weighted by atomic mass is 32.2. The molecule has 3 aliphatic heterocycles. The molecule has 0 radical (unpaired) electrons. The fourth-order valence-corrected chi connectivity index (χ4v) is 9.52. The molecule has 15 heteroatoms. The third-order valence-corrected chi connectivity index (χ3v) is 12.1. The van der Waals surface area contributed by atoms with Gasteiger partial charge in [-0.15, -0.1) is 0 Å². The quantitative estimate of drug-likeness (QED) is 0.219. The van der Waals surface area contributed by atoms with Crippen molar-refractivity contribution in [3.63, 3.8) is 0 Å². The number of sulfonamides is 1. The van der Waals surface area contributed by atoms with Gasteiger partial charge in [0.15, 0.2) is 11.4 Å². The molecule has 1 aromatic heterocycles. The van der Waals surface area contributed by atoms with Gasteiger partial charge in [-0.05, 0) is 73.9 Å². The Balaban J connectivity index is 1.13. The molecule has 5 atom stereocenters. The summed E-state index contributed by atoms with van der Waals surface area (Å²) in [6.45, 7) is 4.01. The summed E-state index contributed by atoms with van der Waals surface area (Å²) in [7, 11) is -4.14.